The van der Waals surface area contributed by atoms with Crippen LogP contribution in [-0.2, 0) is 4.79 Å². The molecule has 6 nitrogen and oxygen atoms in total. The van der Waals surface area contributed by atoms with Gasteiger partial charge in [-0.2, -0.15) is 0 Å². The molecule has 424 valence electrons. The van der Waals surface area contributed by atoms with Gasteiger partial charge in [-0.3, -0.25) is 4.79 Å². The molecule has 0 aromatic heterocycles. The Kier molecular flexibility index (Phi) is 59.1. The molecule has 0 aliphatic heterocycles. The highest BCUT2D eigenvalue weighted by Crippen LogP contribution is 2.19. The standard InChI is InChI=1S/C65H129NO5/c1-3-5-7-9-11-13-15-17-19-21-23-25-27-28-29-30-31-32-33-34-35-37-39-41-43-45-47-49-51-53-55-57-59-63(69)65(71)66-61(60-67)64(70)62(68)58-56-54-52-50-48-46-44-42-40-38-36-26-24-22-20-18-16-14-12-10-8-6-4-2/h50,52,61-64,67-70H,3-49,51,53-60H2,1-2H3,(H,66,71)/b52-50+. The molecule has 5 N–H and O–H groups in total. The second-order valence-electron chi connectivity index (χ2n) is 22.8. The molecule has 4 atom stereocenters. The molecule has 0 aromatic rings. The average Bonchev–Trinajstić information content (AvgIpc) is 3.38. The zero-order chi connectivity index (χ0) is 51.6. The van der Waals surface area contributed by atoms with E-state index in [4.69, 9.17) is 0 Å². The van der Waals surface area contributed by atoms with Crippen LogP contribution >= 0.6 is 0 Å². The molecule has 0 aliphatic rings. The van der Waals surface area contributed by atoms with Crippen molar-refractivity contribution in [1.29, 1.82) is 0 Å². The van der Waals surface area contributed by atoms with Gasteiger partial charge in [-0.05, 0) is 38.5 Å². The van der Waals surface area contributed by atoms with Crippen molar-refractivity contribution in [3.05, 3.63) is 12.2 Å². The van der Waals surface area contributed by atoms with Gasteiger partial charge in [0.2, 0.25) is 5.91 Å². The quantitative estimate of drug-likeness (QED) is 0.0308. The van der Waals surface area contributed by atoms with Gasteiger partial charge >= 0.3 is 0 Å². The van der Waals surface area contributed by atoms with Crippen molar-refractivity contribution in [3.63, 3.8) is 0 Å². The first-order chi connectivity index (χ1) is 35.0. The highest BCUT2D eigenvalue weighted by molar-refractivity contribution is 5.80. The van der Waals surface area contributed by atoms with Crippen molar-refractivity contribution in [2.24, 2.45) is 0 Å². The zero-order valence-electron chi connectivity index (χ0n) is 48.3. The maximum Gasteiger partial charge on any atom is 0.249 e. The summed E-state index contributed by atoms with van der Waals surface area (Å²) in [4.78, 5) is 12.6. The number of hydrogen-bond donors (Lipinski definition) is 5. The Balaban J connectivity index is 3.55. The molecule has 0 saturated heterocycles. The number of amides is 1. The van der Waals surface area contributed by atoms with Crippen molar-refractivity contribution < 1.29 is 25.2 Å². The van der Waals surface area contributed by atoms with Gasteiger partial charge in [0.25, 0.3) is 0 Å². The van der Waals surface area contributed by atoms with Crippen LogP contribution in [-0.4, -0.2) is 57.3 Å². The molecule has 0 aliphatic carbocycles. The van der Waals surface area contributed by atoms with Crippen LogP contribution in [0.3, 0.4) is 0 Å². The first-order valence-electron chi connectivity index (χ1n) is 32.6. The van der Waals surface area contributed by atoms with E-state index in [1.165, 1.54) is 302 Å². The maximum absolute atomic E-state index is 12.6. The lowest BCUT2D eigenvalue weighted by atomic mass is 10.00. The largest absolute Gasteiger partial charge is 0.394 e. The summed E-state index contributed by atoms with van der Waals surface area (Å²) in [5.74, 6) is -0.585. The van der Waals surface area contributed by atoms with E-state index < -0.39 is 36.9 Å². The fourth-order valence-electron chi connectivity index (χ4n) is 10.6. The molecule has 0 heterocycles. The number of aliphatic hydroxyl groups excluding tert-OH is 4. The number of nitrogens with one attached hydrogen (secondary N) is 1. The zero-order valence-corrected chi connectivity index (χ0v) is 48.3. The summed E-state index contributed by atoms with van der Waals surface area (Å²) < 4.78 is 0. The molecule has 6 heteroatoms. The van der Waals surface area contributed by atoms with Crippen LogP contribution in [0.25, 0.3) is 0 Å². The van der Waals surface area contributed by atoms with Gasteiger partial charge in [-0.15, -0.1) is 0 Å². The van der Waals surface area contributed by atoms with Gasteiger partial charge < -0.3 is 25.7 Å². The lowest BCUT2D eigenvalue weighted by Crippen LogP contribution is -2.53. The van der Waals surface area contributed by atoms with Crippen molar-refractivity contribution in [1.82, 2.24) is 5.32 Å². The third kappa shape index (κ3) is 53.7. The molecule has 0 bridgehead atoms. The Bertz CT molecular complexity index is 1040. The van der Waals surface area contributed by atoms with E-state index in [9.17, 15) is 25.2 Å². The van der Waals surface area contributed by atoms with E-state index in [-0.39, 0.29) is 0 Å². The van der Waals surface area contributed by atoms with Crippen molar-refractivity contribution >= 4 is 5.91 Å². The van der Waals surface area contributed by atoms with Crippen molar-refractivity contribution in [2.45, 2.75) is 391 Å². The topological polar surface area (TPSA) is 110 Å². The Morgan fingerprint density at radius 1 is 0.338 bits per heavy atom. The first kappa shape index (κ1) is 70.1. The number of aliphatic hydroxyl groups is 4. The highest BCUT2D eigenvalue weighted by Gasteiger charge is 2.28. The van der Waals surface area contributed by atoms with Crippen LogP contribution in [0.15, 0.2) is 12.2 Å². The number of allylic oxidation sites excluding steroid dienone is 2. The normalized spacial score (nSPS) is 13.6. The Hall–Kier alpha value is -0.950. The Morgan fingerprint density at radius 3 is 0.845 bits per heavy atom. The van der Waals surface area contributed by atoms with Gasteiger partial charge in [0, 0.05) is 0 Å². The molecule has 0 saturated carbocycles. The molecule has 0 radical (unpaired) electrons. The average molecular weight is 1000 g/mol. The van der Waals surface area contributed by atoms with Crippen molar-refractivity contribution in [2.75, 3.05) is 6.61 Å². The number of hydrogen-bond acceptors (Lipinski definition) is 5. The lowest BCUT2D eigenvalue weighted by molar-refractivity contribution is -0.132. The maximum atomic E-state index is 12.6. The van der Waals surface area contributed by atoms with E-state index >= 15 is 0 Å². The summed E-state index contributed by atoms with van der Waals surface area (Å²) in [6.07, 6.45) is 73.2. The summed E-state index contributed by atoms with van der Waals surface area (Å²) in [6, 6.07) is -1.000. The molecule has 1 amide bonds. The van der Waals surface area contributed by atoms with Crippen molar-refractivity contribution in [3.8, 4) is 0 Å². The third-order valence-electron chi connectivity index (χ3n) is 15.7. The molecule has 71 heavy (non-hydrogen) atoms. The molecular weight excluding hydrogens is 875 g/mol. The second-order valence-corrected chi connectivity index (χ2v) is 22.8. The molecular formula is C65H129NO5. The fraction of sp³-hybridized carbons (Fsp3) is 0.954. The van der Waals surface area contributed by atoms with Crippen LogP contribution < -0.4 is 5.32 Å². The minimum atomic E-state index is -1.28. The highest BCUT2D eigenvalue weighted by atomic mass is 16.3. The number of rotatable bonds is 61. The van der Waals surface area contributed by atoms with Crippen LogP contribution in [0, 0.1) is 0 Å². The molecule has 0 fully saturated rings. The smallest absolute Gasteiger partial charge is 0.249 e. The van der Waals surface area contributed by atoms with Crippen LogP contribution in [0.5, 0.6) is 0 Å². The Labute approximate surface area is 444 Å². The lowest BCUT2D eigenvalue weighted by Gasteiger charge is -2.27. The monoisotopic (exact) mass is 1000 g/mol. The van der Waals surface area contributed by atoms with Crippen LogP contribution in [0.4, 0.5) is 0 Å². The number of carbonyl (C=O) groups excluding carboxylic acids is 1. The van der Waals surface area contributed by atoms with Crippen LogP contribution in [0.2, 0.25) is 0 Å². The van der Waals surface area contributed by atoms with E-state index in [1.54, 1.807) is 0 Å². The molecule has 0 rings (SSSR count). The fourth-order valence-corrected chi connectivity index (χ4v) is 10.6. The summed E-state index contributed by atoms with van der Waals surface area (Å²) in [5, 5.41) is 44.1. The Morgan fingerprint density at radius 2 is 0.577 bits per heavy atom. The molecule has 4 unspecified atom stereocenters. The van der Waals surface area contributed by atoms with E-state index in [0.717, 1.165) is 38.5 Å². The summed E-state index contributed by atoms with van der Waals surface area (Å²) in [7, 11) is 0. The van der Waals surface area contributed by atoms with Crippen LogP contribution in [0.1, 0.15) is 367 Å². The summed E-state index contributed by atoms with van der Waals surface area (Å²) >= 11 is 0. The van der Waals surface area contributed by atoms with Gasteiger partial charge in [0.05, 0.1) is 18.8 Å². The van der Waals surface area contributed by atoms with Gasteiger partial charge in [0.15, 0.2) is 0 Å². The second kappa shape index (κ2) is 59.9. The van der Waals surface area contributed by atoms with Gasteiger partial charge in [0.1, 0.15) is 12.2 Å². The van der Waals surface area contributed by atoms with E-state index in [0.29, 0.717) is 12.8 Å². The van der Waals surface area contributed by atoms with Gasteiger partial charge in [-0.1, -0.05) is 341 Å². The summed E-state index contributed by atoms with van der Waals surface area (Å²) in [6.45, 7) is 4.10. The van der Waals surface area contributed by atoms with E-state index in [1.807, 2.05) is 0 Å². The number of carbonyl (C=O) groups is 1. The summed E-state index contributed by atoms with van der Waals surface area (Å²) in [5.41, 5.74) is 0. The minimum Gasteiger partial charge on any atom is -0.394 e. The predicted molar refractivity (Wildman–Crippen MR) is 311 cm³/mol. The first-order valence-corrected chi connectivity index (χ1v) is 32.6. The third-order valence-corrected chi connectivity index (χ3v) is 15.7. The number of unbranched alkanes of at least 4 members (excludes halogenated alkanes) is 50. The molecule has 0 aromatic carbocycles. The predicted octanol–water partition coefficient (Wildman–Crippen LogP) is 19.6. The SMILES string of the molecule is CCCCCCCCCCCCCCCCCCCC/C=C/CCCC(O)C(O)C(CO)NC(=O)C(O)CCCCCCCCCCCCCCCCCCCCCCCCCCCCCCCCCC. The van der Waals surface area contributed by atoms with E-state index in [2.05, 4.69) is 31.3 Å². The minimum absolute atomic E-state index is 0.369. The molecule has 0 spiro atoms. The van der Waals surface area contributed by atoms with Gasteiger partial charge in [-0.25, -0.2) is 0 Å².